The van der Waals surface area contributed by atoms with Crippen molar-refractivity contribution in [2.45, 2.75) is 19.4 Å². The Morgan fingerprint density at radius 3 is 3.00 bits per heavy atom. The molecule has 1 amide bonds. The fraction of sp³-hybridized carbons (Fsp3) is 0.440. The number of morpholine rings is 1. The third-order valence-corrected chi connectivity index (χ3v) is 6.36. The third-order valence-electron chi connectivity index (χ3n) is 6.36. The maximum atomic E-state index is 12.8. The second-order valence-corrected chi connectivity index (χ2v) is 8.64. The number of carbonyl (C=O) groups excluding carboxylic acids is 1. The molecular weight excluding hydrogens is 448 g/mol. The number of nitrogens with one attached hydrogen (secondary N) is 1. The van der Waals surface area contributed by atoms with Crippen molar-refractivity contribution in [3.8, 4) is 11.5 Å². The number of hydrogen-bond acceptors (Lipinski definition) is 9. The molecule has 184 valence electrons. The Hall–Kier alpha value is -3.50. The number of rotatable bonds is 7. The van der Waals surface area contributed by atoms with Crippen molar-refractivity contribution in [3.63, 3.8) is 0 Å². The van der Waals surface area contributed by atoms with E-state index in [0.717, 1.165) is 44.1 Å². The van der Waals surface area contributed by atoms with E-state index in [-0.39, 0.29) is 5.91 Å². The largest absolute Gasteiger partial charge is 0.491 e. The van der Waals surface area contributed by atoms with Gasteiger partial charge in [-0.1, -0.05) is 0 Å². The molecule has 0 radical (unpaired) electrons. The quantitative estimate of drug-likeness (QED) is 0.608. The molecule has 1 N–H and O–H groups in total. The lowest BCUT2D eigenvalue weighted by molar-refractivity contribution is -0.00203. The molecule has 10 nitrogen and oxygen atoms in total. The maximum Gasteiger partial charge on any atom is 0.259 e. The lowest BCUT2D eigenvalue weighted by Crippen LogP contribution is -2.47. The number of carbonyl (C=O) groups is 1. The van der Waals surface area contributed by atoms with Crippen LogP contribution >= 0.6 is 0 Å². The van der Waals surface area contributed by atoms with Gasteiger partial charge in [0.2, 0.25) is 5.96 Å². The summed E-state index contributed by atoms with van der Waals surface area (Å²) >= 11 is 0. The highest BCUT2D eigenvalue weighted by atomic mass is 16.5. The molecule has 1 aromatic heterocycles. The topological polar surface area (TPSA) is 101 Å². The summed E-state index contributed by atoms with van der Waals surface area (Å²) in [5.41, 5.74) is 1.91. The number of pyridine rings is 1. The highest BCUT2D eigenvalue weighted by molar-refractivity contribution is 6.20. The van der Waals surface area contributed by atoms with Crippen molar-refractivity contribution in [3.05, 3.63) is 47.8 Å². The summed E-state index contributed by atoms with van der Waals surface area (Å²) in [5, 5.41) is 2.92. The van der Waals surface area contributed by atoms with E-state index in [0.29, 0.717) is 54.4 Å². The molecule has 1 unspecified atom stereocenters. The van der Waals surface area contributed by atoms with E-state index in [4.69, 9.17) is 19.2 Å². The van der Waals surface area contributed by atoms with E-state index >= 15 is 0 Å². The van der Waals surface area contributed by atoms with Gasteiger partial charge in [-0.05, 0) is 37.6 Å². The molecule has 1 saturated heterocycles. The molecule has 0 saturated carbocycles. The number of ether oxygens (including phenoxy) is 3. The monoisotopic (exact) mass is 478 g/mol. The van der Waals surface area contributed by atoms with Gasteiger partial charge in [0, 0.05) is 43.6 Å². The zero-order chi connectivity index (χ0) is 24.2. The van der Waals surface area contributed by atoms with Crippen molar-refractivity contribution in [1.82, 2.24) is 20.1 Å². The molecule has 35 heavy (non-hydrogen) atoms. The summed E-state index contributed by atoms with van der Waals surface area (Å²) in [7, 11) is 1.60. The average molecular weight is 479 g/mol. The first kappa shape index (κ1) is 23.3. The minimum absolute atomic E-state index is 0.282. The molecule has 1 fully saturated rings. The van der Waals surface area contributed by atoms with E-state index in [2.05, 4.69) is 27.1 Å². The molecule has 3 aliphatic rings. The van der Waals surface area contributed by atoms with E-state index < -0.39 is 0 Å². The van der Waals surface area contributed by atoms with Crippen LogP contribution in [-0.2, 0) is 4.74 Å². The minimum atomic E-state index is -0.282. The van der Waals surface area contributed by atoms with Crippen molar-refractivity contribution in [1.29, 1.82) is 0 Å². The Morgan fingerprint density at radius 2 is 2.20 bits per heavy atom. The van der Waals surface area contributed by atoms with Gasteiger partial charge < -0.3 is 14.2 Å². The Kier molecular flexibility index (Phi) is 6.91. The Balaban J connectivity index is 1.34. The summed E-state index contributed by atoms with van der Waals surface area (Å²) in [6.45, 7) is 7.46. The normalized spacial score (nSPS) is 19.4. The van der Waals surface area contributed by atoms with E-state index in [1.54, 1.807) is 25.4 Å². The lowest BCUT2D eigenvalue weighted by atomic mass is 10.1. The van der Waals surface area contributed by atoms with Gasteiger partial charge in [0.25, 0.3) is 5.91 Å². The van der Waals surface area contributed by atoms with Crippen LogP contribution in [0, 0.1) is 0 Å². The van der Waals surface area contributed by atoms with E-state index in [9.17, 15) is 4.79 Å². The van der Waals surface area contributed by atoms with Crippen LogP contribution in [0.25, 0.3) is 0 Å². The number of nitrogens with zero attached hydrogens (tertiary/aromatic N) is 5. The standard InChI is InChI=1S/C25H30N6O4/c1-17-16-34-14-12-30(17)10-4-13-35-20-7-6-19-21(22(20)33-2)28-25(31-11-9-27-23(19)31)29-24(32)18-5-3-8-26-15-18/h3,5-8,15,17H,4,9-14,16H2,1-2H3,(H,28,29,32). The average Bonchev–Trinajstić information content (AvgIpc) is 3.38. The number of aromatic nitrogens is 1. The van der Waals surface area contributed by atoms with Crippen LogP contribution in [-0.4, -0.2) is 91.6 Å². The third kappa shape index (κ3) is 4.85. The summed E-state index contributed by atoms with van der Waals surface area (Å²) in [5.74, 6) is 2.05. The number of guanidine groups is 1. The van der Waals surface area contributed by atoms with Crippen LogP contribution in [0.5, 0.6) is 11.5 Å². The predicted molar refractivity (Wildman–Crippen MR) is 132 cm³/mol. The molecule has 1 atom stereocenters. The summed E-state index contributed by atoms with van der Waals surface area (Å²) in [6, 6.07) is 7.72. The Bertz CT molecular complexity index is 1140. The minimum Gasteiger partial charge on any atom is -0.491 e. The molecule has 1 aromatic carbocycles. The predicted octanol–water partition coefficient (Wildman–Crippen LogP) is 2.07. The van der Waals surface area contributed by atoms with Crippen LogP contribution in [0.15, 0.2) is 46.6 Å². The summed E-state index contributed by atoms with van der Waals surface area (Å²) < 4.78 is 17.4. The molecule has 10 heteroatoms. The van der Waals surface area contributed by atoms with Gasteiger partial charge in [-0.15, -0.1) is 0 Å². The highest BCUT2D eigenvalue weighted by Gasteiger charge is 2.33. The maximum absolute atomic E-state index is 12.8. The number of benzene rings is 1. The first-order valence-electron chi connectivity index (χ1n) is 11.9. The number of hydrogen-bond donors (Lipinski definition) is 1. The molecule has 3 aliphatic heterocycles. The molecule has 4 heterocycles. The molecule has 0 spiro atoms. The number of aliphatic imine (C=N–C) groups is 2. The van der Waals surface area contributed by atoms with Crippen molar-refractivity contribution >= 4 is 23.4 Å². The van der Waals surface area contributed by atoms with Crippen LogP contribution in [0.2, 0.25) is 0 Å². The number of amidine groups is 1. The number of amides is 1. The molecule has 0 bridgehead atoms. The zero-order valence-electron chi connectivity index (χ0n) is 20.1. The lowest BCUT2D eigenvalue weighted by Gasteiger charge is -2.33. The van der Waals surface area contributed by atoms with Gasteiger partial charge in [-0.2, -0.15) is 0 Å². The van der Waals surface area contributed by atoms with Gasteiger partial charge in [0.05, 0.1) is 39.0 Å². The van der Waals surface area contributed by atoms with Gasteiger partial charge in [-0.25, -0.2) is 4.99 Å². The smallest absolute Gasteiger partial charge is 0.259 e. The van der Waals surface area contributed by atoms with Crippen molar-refractivity contribution in [2.75, 3.05) is 53.1 Å². The first-order chi connectivity index (χ1) is 17.2. The number of fused-ring (bicyclic) bond motifs is 3. The van der Waals surface area contributed by atoms with Crippen LogP contribution in [0.3, 0.4) is 0 Å². The molecular formula is C25H30N6O4. The van der Waals surface area contributed by atoms with E-state index in [1.165, 1.54) is 6.20 Å². The molecule has 5 rings (SSSR count). The Morgan fingerprint density at radius 1 is 1.29 bits per heavy atom. The van der Waals surface area contributed by atoms with Gasteiger partial charge in [-0.3, -0.25) is 29.9 Å². The van der Waals surface area contributed by atoms with Gasteiger partial charge in [0.1, 0.15) is 11.5 Å². The number of methoxy groups -OCH3 is 1. The zero-order valence-corrected chi connectivity index (χ0v) is 20.1. The van der Waals surface area contributed by atoms with E-state index in [1.807, 2.05) is 17.0 Å². The molecule has 2 aromatic rings. The first-order valence-corrected chi connectivity index (χ1v) is 11.9. The van der Waals surface area contributed by atoms with Crippen molar-refractivity contribution < 1.29 is 19.0 Å². The SMILES string of the molecule is COc1c(OCCCN2CCOCC2C)ccc2c1N=C(NC(=O)c1cccnc1)N1CCN=C21. The van der Waals surface area contributed by atoms with Crippen LogP contribution < -0.4 is 14.8 Å². The highest BCUT2D eigenvalue weighted by Crippen LogP contribution is 2.43. The fourth-order valence-electron chi connectivity index (χ4n) is 4.51. The summed E-state index contributed by atoms with van der Waals surface area (Å²) in [4.78, 5) is 30.6. The Labute approximate surface area is 204 Å². The second-order valence-electron chi connectivity index (χ2n) is 8.64. The summed E-state index contributed by atoms with van der Waals surface area (Å²) in [6.07, 6.45) is 4.04. The van der Waals surface area contributed by atoms with Gasteiger partial charge in [0.15, 0.2) is 11.5 Å². The second kappa shape index (κ2) is 10.4. The van der Waals surface area contributed by atoms with Crippen LogP contribution in [0.4, 0.5) is 5.69 Å². The van der Waals surface area contributed by atoms with Gasteiger partial charge >= 0.3 is 0 Å². The molecule has 0 aliphatic carbocycles. The van der Waals surface area contributed by atoms with Crippen LogP contribution in [0.1, 0.15) is 29.3 Å². The fourth-order valence-corrected chi connectivity index (χ4v) is 4.51. The van der Waals surface area contributed by atoms with Crippen molar-refractivity contribution in [2.24, 2.45) is 9.98 Å².